The normalized spacial score (nSPS) is 10.5. The van der Waals surface area contributed by atoms with Gasteiger partial charge < -0.3 is 9.73 Å². The van der Waals surface area contributed by atoms with E-state index in [1.807, 2.05) is 19.1 Å². The number of hydrogen-bond acceptors (Lipinski definition) is 5. The molecule has 0 saturated heterocycles. The molecule has 90 valence electrons. The molecule has 4 nitrogen and oxygen atoms in total. The summed E-state index contributed by atoms with van der Waals surface area (Å²) in [6, 6.07) is 3.90. The topological polar surface area (TPSA) is 51.0 Å². The van der Waals surface area contributed by atoms with Gasteiger partial charge in [0.05, 0.1) is 11.2 Å². The summed E-state index contributed by atoms with van der Waals surface area (Å²) in [7, 11) is 0. The number of aromatic nitrogens is 2. The third-order valence-corrected chi connectivity index (χ3v) is 3.30. The van der Waals surface area contributed by atoms with Crippen LogP contribution in [0.3, 0.4) is 0 Å². The van der Waals surface area contributed by atoms with Gasteiger partial charge in [-0.2, -0.15) is 0 Å². The molecule has 17 heavy (non-hydrogen) atoms. The van der Waals surface area contributed by atoms with Crippen LogP contribution < -0.4 is 5.32 Å². The van der Waals surface area contributed by atoms with Gasteiger partial charge >= 0.3 is 0 Å². The van der Waals surface area contributed by atoms with Crippen molar-refractivity contribution in [2.75, 3.05) is 11.9 Å². The second-order valence-corrected chi connectivity index (χ2v) is 4.67. The summed E-state index contributed by atoms with van der Waals surface area (Å²) in [4.78, 5) is 9.49. The molecular weight excluding hydrogens is 234 g/mol. The zero-order valence-corrected chi connectivity index (χ0v) is 10.8. The lowest BCUT2D eigenvalue weighted by Crippen LogP contribution is -2.02. The van der Waals surface area contributed by atoms with E-state index in [4.69, 9.17) is 4.42 Å². The Morgan fingerprint density at radius 3 is 3.00 bits per heavy atom. The van der Waals surface area contributed by atoms with Crippen molar-refractivity contribution in [1.82, 2.24) is 9.97 Å². The Hall–Kier alpha value is -1.49. The molecule has 0 amide bonds. The van der Waals surface area contributed by atoms with Crippen molar-refractivity contribution in [3.63, 3.8) is 0 Å². The second kappa shape index (κ2) is 5.72. The fraction of sp³-hybridized carbons (Fsp3) is 0.333. The summed E-state index contributed by atoms with van der Waals surface area (Å²) in [5.41, 5.74) is 0. The summed E-state index contributed by atoms with van der Waals surface area (Å²) < 4.78 is 5.25. The molecule has 0 aliphatic rings. The van der Waals surface area contributed by atoms with Crippen LogP contribution in [0.5, 0.6) is 0 Å². The quantitative estimate of drug-likeness (QED) is 0.823. The van der Waals surface area contributed by atoms with Crippen molar-refractivity contribution in [1.29, 1.82) is 0 Å². The fourth-order valence-corrected chi connectivity index (χ4v) is 2.15. The number of nitrogens with zero attached hydrogens (tertiary/aromatic N) is 2. The smallest absolute Gasteiger partial charge is 0.130 e. The minimum Gasteiger partial charge on any atom is -0.468 e. The van der Waals surface area contributed by atoms with E-state index in [-0.39, 0.29) is 0 Å². The van der Waals surface area contributed by atoms with Crippen molar-refractivity contribution in [2.45, 2.75) is 30.2 Å². The van der Waals surface area contributed by atoms with Crippen molar-refractivity contribution < 1.29 is 4.42 Å². The zero-order valence-electron chi connectivity index (χ0n) is 9.93. The van der Waals surface area contributed by atoms with Gasteiger partial charge in [0.2, 0.25) is 0 Å². The summed E-state index contributed by atoms with van der Waals surface area (Å²) in [6.45, 7) is 4.99. The molecule has 0 unspecified atom stereocenters. The lowest BCUT2D eigenvalue weighted by Gasteiger charge is -2.04. The first kappa shape index (κ1) is 12.0. The zero-order chi connectivity index (χ0) is 12.1. The maximum atomic E-state index is 5.25. The number of hydrogen-bond donors (Lipinski definition) is 1. The van der Waals surface area contributed by atoms with Crippen LogP contribution >= 0.6 is 11.8 Å². The molecule has 1 N–H and O–H groups in total. The lowest BCUT2D eigenvalue weighted by atomic mass is 10.4. The highest BCUT2D eigenvalue weighted by molar-refractivity contribution is 7.99. The Labute approximate surface area is 105 Å². The van der Waals surface area contributed by atoms with Gasteiger partial charge in [-0.1, -0.05) is 18.7 Å². The number of aryl methyl sites for hydroxylation is 1. The van der Waals surface area contributed by atoms with E-state index in [9.17, 15) is 0 Å². The Morgan fingerprint density at radius 2 is 2.29 bits per heavy atom. The Kier molecular flexibility index (Phi) is 4.03. The summed E-state index contributed by atoms with van der Waals surface area (Å²) in [6.07, 6.45) is 4.35. The fourth-order valence-electron chi connectivity index (χ4n) is 1.34. The van der Waals surface area contributed by atoms with E-state index in [0.717, 1.165) is 34.5 Å². The van der Waals surface area contributed by atoms with Gasteiger partial charge in [0.1, 0.15) is 22.9 Å². The van der Waals surface area contributed by atoms with Gasteiger partial charge in [-0.15, -0.1) is 0 Å². The molecule has 2 aromatic heterocycles. The van der Waals surface area contributed by atoms with E-state index in [2.05, 4.69) is 22.2 Å². The highest BCUT2D eigenvalue weighted by atomic mass is 32.2. The predicted molar refractivity (Wildman–Crippen MR) is 68.4 cm³/mol. The van der Waals surface area contributed by atoms with Gasteiger partial charge in [-0.3, -0.25) is 0 Å². The lowest BCUT2D eigenvalue weighted by molar-refractivity contribution is 0.527. The third-order valence-electron chi connectivity index (χ3n) is 2.22. The number of rotatable bonds is 5. The molecule has 0 saturated carbocycles. The molecule has 0 radical (unpaired) electrons. The highest BCUT2D eigenvalue weighted by Crippen LogP contribution is 2.29. The average Bonchev–Trinajstić information content (AvgIpc) is 2.73. The molecule has 0 aliphatic heterocycles. The molecule has 2 aromatic rings. The molecule has 0 atom stereocenters. The van der Waals surface area contributed by atoms with E-state index < -0.39 is 0 Å². The molecule has 5 heteroatoms. The van der Waals surface area contributed by atoms with E-state index in [1.54, 1.807) is 24.4 Å². The van der Waals surface area contributed by atoms with Gasteiger partial charge in [0, 0.05) is 12.6 Å². The summed E-state index contributed by atoms with van der Waals surface area (Å²) >= 11 is 1.58. The van der Waals surface area contributed by atoms with Crippen LogP contribution in [-0.4, -0.2) is 16.5 Å². The number of nitrogens with one attached hydrogen (secondary N) is 1. The first-order valence-electron chi connectivity index (χ1n) is 5.57. The first-order chi connectivity index (χ1) is 8.29. The van der Waals surface area contributed by atoms with Crippen LogP contribution in [0.25, 0.3) is 0 Å². The Morgan fingerprint density at radius 1 is 1.41 bits per heavy atom. The molecule has 0 aliphatic carbocycles. The van der Waals surface area contributed by atoms with Crippen LogP contribution in [0, 0.1) is 6.92 Å². The van der Waals surface area contributed by atoms with Gasteiger partial charge in [0.15, 0.2) is 0 Å². The van der Waals surface area contributed by atoms with Gasteiger partial charge in [-0.25, -0.2) is 9.97 Å². The first-order valence-corrected chi connectivity index (χ1v) is 6.39. The molecule has 0 fully saturated rings. The maximum Gasteiger partial charge on any atom is 0.130 e. The van der Waals surface area contributed by atoms with Gasteiger partial charge in [0.25, 0.3) is 0 Å². The third kappa shape index (κ3) is 3.23. The summed E-state index contributed by atoms with van der Waals surface area (Å²) in [5, 5.41) is 4.16. The molecule has 0 bridgehead atoms. The monoisotopic (exact) mass is 249 g/mol. The van der Waals surface area contributed by atoms with Crippen molar-refractivity contribution in [3.05, 3.63) is 30.5 Å². The Balaban J connectivity index is 2.08. The SMILES string of the molecule is CCCNc1cc(Sc2ccoc2C)ncn1. The van der Waals surface area contributed by atoms with Crippen LogP contribution in [0.4, 0.5) is 5.82 Å². The minimum absolute atomic E-state index is 0.866. The maximum absolute atomic E-state index is 5.25. The van der Waals surface area contributed by atoms with Crippen LogP contribution in [0.1, 0.15) is 19.1 Å². The molecule has 2 heterocycles. The molecule has 0 aromatic carbocycles. The van der Waals surface area contributed by atoms with Crippen molar-refractivity contribution in [3.8, 4) is 0 Å². The van der Waals surface area contributed by atoms with Crippen molar-refractivity contribution in [2.24, 2.45) is 0 Å². The Bertz CT molecular complexity index is 484. The molecule has 2 rings (SSSR count). The van der Waals surface area contributed by atoms with E-state index in [1.165, 1.54) is 0 Å². The number of anilines is 1. The molecule has 0 spiro atoms. The van der Waals surface area contributed by atoms with Gasteiger partial charge in [-0.05, 0) is 19.4 Å². The van der Waals surface area contributed by atoms with E-state index >= 15 is 0 Å². The average molecular weight is 249 g/mol. The van der Waals surface area contributed by atoms with Crippen LogP contribution in [0.2, 0.25) is 0 Å². The number of furan rings is 1. The standard InChI is InChI=1S/C12H15N3OS/c1-3-5-13-11-7-12(15-8-14-11)17-10-4-6-16-9(10)2/h4,6-8H,3,5H2,1-2H3,(H,13,14,15). The van der Waals surface area contributed by atoms with E-state index in [0.29, 0.717) is 0 Å². The second-order valence-electron chi connectivity index (χ2n) is 3.61. The summed E-state index contributed by atoms with van der Waals surface area (Å²) in [5.74, 6) is 1.78. The van der Waals surface area contributed by atoms with Crippen LogP contribution in [-0.2, 0) is 0 Å². The molecular formula is C12H15N3OS. The minimum atomic E-state index is 0.866. The largest absolute Gasteiger partial charge is 0.468 e. The highest BCUT2D eigenvalue weighted by Gasteiger charge is 2.05. The van der Waals surface area contributed by atoms with Crippen molar-refractivity contribution >= 4 is 17.6 Å². The predicted octanol–water partition coefficient (Wildman–Crippen LogP) is 3.35. The van der Waals surface area contributed by atoms with Crippen LogP contribution in [0.15, 0.2) is 39.1 Å².